The highest BCUT2D eigenvalue weighted by Gasteiger charge is 2.41. The molecule has 1 heterocycles. The third kappa shape index (κ3) is 2.80. The van der Waals surface area contributed by atoms with Gasteiger partial charge < -0.3 is 19.4 Å². The Morgan fingerprint density at radius 3 is 1.42 bits per heavy atom. The van der Waals surface area contributed by atoms with Crippen molar-refractivity contribution in [2.24, 2.45) is 0 Å². The second-order valence-electron chi connectivity index (χ2n) is 5.68. The van der Waals surface area contributed by atoms with Gasteiger partial charge in [0.05, 0.1) is 12.1 Å². The van der Waals surface area contributed by atoms with E-state index in [4.69, 9.17) is 0 Å². The summed E-state index contributed by atoms with van der Waals surface area (Å²) < 4.78 is 0. The van der Waals surface area contributed by atoms with Crippen LogP contribution < -0.4 is 9.80 Å². The summed E-state index contributed by atoms with van der Waals surface area (Å²) in [5.41, 5.74) is 1.55. The van der Waals surface area contributed by atoms with Gasteiger partial charge in [0.25, 0.3) is 0 Å². The molecule has 1 saturated heterocycles. The molecule has 5 heteroatoms. The average Bonchev–Trinajstić information content (AvgIpc) is 2.67. The van der Waals surface area contributed by atoms with Crippen molar-refractivity contribution >= 4 is 30.2 Å². The van der Waals surface area contributed by atoms with Crippen molar-refractivity contribution in [2.45, 2.75) is 24.7 Å². The minimum atomic E-state index is -0.728. The van der Waals surface area contributed by atoms with Crippen LogP contribution in [0.3, 0.4) is 0 Å². The van der Waals surface area contributed by atoms with E-state index in [9.17, 15) is 14.4 Å². The first kappa shape index (κ1) is 15.9. The molecule has 2 aromatic rings. The Kier molecular flexibility index (Phi) is 4.70. The lowest BCUT2D eigenvalue weighted by Crippen LogP contribution is -2.64. The predicted octanol–water partition coefficient (Wildman–Crippen LogP) is 2.06. The number of anilines is 2. The zero-order chi connectivity index (χ0) is 16.9. The second kappa shape index (κ2) is 7.08. The summed E-state index contributed by atoms with van der Waals surface area (Å²) in [7, 11) is 0. The Morgan fingerprint density at radius 1 is 0.667 bits per heavy atom. The van der Waals surface area contributed by atoms with Crippen LogP contribution >= 0.6 is 0 Å². The van der Waals surface area contributed by atoms with Gasteiger partial charge >= 0.3 is 0 Å². The van der Waals surface area contributed by atoms with Crippen LogP contribution in [-0.4, -0.2) is 37.1 Å². The fourth-order valence-corrected chi connectivity index (χ4v) is 3.26. The van der Waals surface area contributed by atoms with Crippen LogP contribution in [0.15, 0.2) is 60.7 Å². The number of hydrogen-bond acceptors (Lipinski definition) is 5. The third-order valence-electron chi connectivity index (χ3n) is 4.31. The quantitative estimate of drug-likeness (QED) is 0.789. The van der Waals surface area contributed by atoms with E-state index in [0.717, 1.165) is 30.2 Å². The van der Waals surface area contributed by atoms with Crippen molar-refractivity contribution in [3.8, 4) is 0 Å². The largest absolute Gasteiger partial charge is 0.335 e. The Bertz CT molecular complexity index is 648. The van der Waals surface area contributed by atoms with Crippen molar-refractivity contribution in [3.05, 3.63) is 60.7 Å². The van der Waals surface area contributed by atoms with E-state index in [-0.39, 0.29) is 0 Å². The number of para-hydroxylation sites is 2. The molecule has 3 rings (SSSR count). The summed E-state index contributed by atoms with van der Waals surface area (Å²) in [6, 6.07) is 17.6. The van der Waals surface area contributed by atoms with Gasteiger partial charge in [-0.15, -0.1) is 0 Å². The smallest absolute Gasteiger partial charge is 0.163 e. The summed E-state index contributed by atoms with van der Waals surface area (Å²) in [4.78, 5) is 38.7. The molecule has 0 N–H and O–H groups in total. The first-order chi connectivity index (χ1) is 11.8. The SMILES string of the molecule is O=CC1CC(C=O)N(c2ccccc2)C(C=O)N1c1ccccc1. The predicted molar refractivity (Wildman–Crippen MR) is 92.0 cm³/mol. The van der Waals surface area contributed by atoms with Crippen molar-refractivity contribution in [1.82, 2.24) is 0 Å². The summed E-state index contributed by atoms with van der Waals surface area (Å²) in [6.07, 6.45) is 2.01. The molecule has 24 heavy (non-hydrogen) atoms. The van der Waals surface area contributed by atoms with E-state index in [1.54, 1.807) is 9.80 Å². The maximum Gasteiger partial charge on any atom is 0.163 e. The number of nitrogens with zero attached hydrogens (tertiary/aromatic N) is 2. The van der Waals surface area contributed by atoms with Gasteiger partial charge in [0, 0.05) is 17.8 Å². The number of hydrogen-bond donors (Lipinski definition) is 0. The van der Waals surface area contributed by atoms with Crippen molar-refractivity contribution in [1.29, 1.82) is 0 Å². The molecule has 5 nitrogen and oxygen atoms in total. The van der Waals surface area contributed by atoms with Gasteiger partial charge in [0.15, 0.2) is 12.5 Å². The van der Waals surface area contributed by atoms with Gasteiger partial charge in [-0.1, -0.05) is 36.4 Å². The van der Waals surface area contributed by atoms with Gasteiger partial charge in [-0.2, -0.15) is 0 Å². The molecule has 1 aliphatic heterocycles. The fraction of sp³-hybridized carbons (Fsp3) is 0.211. The molecule has 0 bridgehead atoms. The number of carbonyl (C=O) groups is 3. The Balaban J connectivity index is 2.09. The van der Waals surface area contributed by atoms with Gasteiger partial charge in [-0.3, -0.25) is 4.79 Å². The number of benzene rings is 2. The summed E-state index contributed by atoms with van der Waals surface area (Å²) in [6.45, 7) is 0. The Labute approximate surface area is 140 Å². The molecular weight excluding hydrogens is 304 g/mol. The highest BCUT2D eigenvalue weighted by Crippen LogP contribution is 2.32. The average molecular weight is 322 g/mol. The van der Waals surface area contributed by atoms with Gasteiger partial charge in [0.2, 0.25) is 0 Å². The van der Waals surface area contributed by atoms with E-state index in [1.165, 1.54) is 0 Å². The maximum absolute atomic E-state index is 11.9. The van der Waals surface area contributed by atoms with E-state index in [2.05, 4.69) is 0 Å². The molecule has 2 aromatic carbocycles. The monoisotopic (exact) mass is 322 g/mol. The first-order valence-corrected chi connectivity index (χ1v) is 7.82. The van der Waals surface area contributed by atoms with Crippen molar-refractivity contribution < 1.29 is 14.4 Å². The van der Waals surface area contributed by atoms with Crippen LogP contribution in [0.4, 0.5) is 11.4 Å². The topological polar surface area (TPSA) is 57.7 Å². The second-order valence-corrected chi connectivity index (χ2v) is 5.68. The number of carbonyl (C=O) groups excluding carboxylic acids is 3. The fourth-order valence-electron chi connectivity index (χ4n) is 3.26. The van der Waals surface area contributed by atoms with E-state index in [0.29, 0.717) is 6.42 Å². The van der Waals surface area contributed by atoms with Gasteiger partial charge in [0.1, 0.15) is 12.6 Å². The van der Waals surface area contributed by atoms with Gasteiger partial charge in [-0.05, 0) is 24.3 Å². The minimum absolute atomic E-state index is 0.334. The maximum atomic E-state index is 11.9. The molecule has 1 aliphatic rings. The number of rotatable bonds is 5. The lowest BCUT2D eigenvalue weighted by molar-refractivity contribution is -0.113. The van der Waals surface area contributed by atoms with Gasteiger partial charge in [-0.25, -0.2) is 0 Å². The molecule has 0 aliphatic carbocycles. The molecule has 0 saturated carbocycles. The van der Waals surface area contributed by atoms with Crippen LogP contribution in [0.25, 0.3) is 0 Å². The summed E-state index contributed by atoms with van der Waals surface area (Å²) in [5, 5.41) is 0. The molecule has 1 fully saturated rings. The highest BCUT2D eigenvalue weighted by molar-refractivity contribution is 5.83. The molecule has 2 unspecified atom stereocenters. The molecule has 122 valence electrons. The van der Waals surface area contributed by atoms with Crippen LogP contribution in [-0.2, 0) is 14.4 Å². The zero-order valence-corrected chi connectivity index (χ0v) is 13.1. The van der Waals surface area contributed by atoms with Crippen LogP contribution in [0.1, 0.15) is 6.42 Å². The zero-order valence-electron chi connectivity index (χ0n) is 13.1. The lowest BCUT2D eigenvalue weighted by atomic mass is 9.98. The Morgan fingerprint density at radius 2 is 1.08 bits per heavy atom. The van der Waals surface area contributed by atoms with Crippen molar-refractivity contribution in [3.63, 3.8) is 0 Å². The Hall–Kier alpha value is -2.95. The molecular formula is C19H18N2O3. The lowest BCUT2D eigenvalue weighted by Gasteiger charge is -2.49. The normalized spacial score (nSPS) is 23.6. The van der Waals surface area contributed by atoms with Crippen molar-refractivity contribution in [2.75, 3.05) is 9.80 Å². The third-order valence-corrected chi connectivity index (χ3v) is 4.31. The molecule has 0 aromatic heterocycles. The minimum Gasteiger partial charge on any atom is -0.335 e. The summed E-state index contributed by atoms with van der Waals surface area (Å²) >= 11 is 0. The van der Waals surface area contributed by atoms with E-state index < -0.39 is 18.2 Å². The molecule has 0 spiro atoms. The standard InChI is InChI=1S/C19H18N2O3/c22-12-17-11-18(13-23)21(16-9-5-2-6-10-16)19(14-24)20(17)15-7-3-1-4-8-15/h1-10,12-14,17-19H,11H2. The highest BCUT2D eigenvalue weighted by atomic mass is 16.1. The molecule has 0 amide bonds. The van der Waals surface area contributed by atoms with Crippen LogP contribution in [0.5, 0.6) is 0 Å². The van der Waals surface area contributed by atoms with E-state index >= 15 is 0 Å². The summed E-state index contributed by atoms with van der Waals surface area (Å²) in [5.74, 6) is 0. The van der Waals surface area contributed by atoms with Crippen LogP contribution in [0, 0.1) is 0 Å². The first-order valence-electron chi connectivity index (χ1n) is 7.82. The molecule has 0 radical (unpaired) electrons. The number of aldehydes is 3. The van der Waals surface area contributed by atoms with E-state index in [1.807, 2.05) is 60.7 Å². The molecule has 2 atom stereocenters. The van der Waals surface area contributed by atoms with Crippen LogP contribution in [0.2, 0.25) is 0 Å².